The van der Waals surface area contributed by atoms with Gasteiger partial charge in [-0.2, -0.15) is 10.3 Å². The molecule has 0 amide bonds. The predicted octanol–water partition coefficient (Wildman–Crippen LogP) is 4.20. The van der Waals surface area contributed by atoms with Crippen LogP contribution in [-0.2, 0) is 16.0 Å². The molecule has 10 heteroatoms. The fraction of sp³-hybridized carbons (Fsp3) is 0.300. The SMILES string of the molecule is COc1ccc(N=C2OC(=Cc3sc(=S)n(C[C@H]4CCCO4)c3O)N=C2C#N)cc1. The maximum atomic E-state index is 10.6. The Kier molecular flexibility index (Phi) is 5.94. The zero-order valence-electron chi connectivity index (χ0n) is 16.1. The fourth-order valence-corrected chi connectivity index (χ4v) is 4.34. The molecule has 8 nitrogen and oxygen atoms in total. The molecule has 1 N–H and O–H groups in total. The van der Waals surface area contributed by atoms with Crippen LogP contribution in [0.2, 0.25) is 0 Å². The summed E-state index contributed by atoms with van der Waals surface area (Å²) in [7, 11) is 1.58. The van der Waals surface area contributed by atoms with E-state index < -0.39 is 0 Å². The molecule has 30 heavy (non-hydrogen) atoms. The van der Waals surface area contributed by atoms with E-state index in [1.807, 2.05) is 6.07 Å². The first-order valence-corrected chi connectivity index (χ1v) is 10.5. The summed E-state index contributed by atoms with van der Waals surface area (Å²) in [6.45, 7) is 1.23. The Morgan fingerprint density at radius 2 is 2.27 bits per heavy atom. The number of nitriles is 1. The van der Waals surface area contributed by atoms with Crippen LogP contribution in [0, 0.1) is 15.3 Å². The average Bonchev–Trinajstić information content (AvgIpc) is 3.46. The van der Waals surface area contributed by atoms with Gasteiger partial charge in [0, 0.05) is 12.7 Å². The van der Waals surface area contributed by atoms with Gasteiger partial charge in [-0.05, 0) is 49.3 Å². The van der Waals surface area contributed by atoms with Crippen LogP contribution in [0.1, 0.15) is 17.7 Å². The first-order valence-electron chi connectivity index (χ1n) is 9.23. The van der Waals surface area contributed by atoms with Gasteiger partial charge in [0.05, 0.1) is 30.3 Å². The second-order valence-corrected chi connectivity index (χ2v) is 8.25. The van der Waals surface area contributed by atoms with Crippen molar-refractivity contribution in [2.45, 2.75) is 25.5 Å². The first kappa shape index (κ1) is 20.3. The molecule has 0 bridgehead atoms. The Balaban J connectivity index is 1.57. The molecule has 0 spiro atoms. The molecule has 1 aromatic carbocycles. The van der Waals surface area contributed by atoms with Crippen LogP contribution in [0.4, 0.5) is 5.69 Å². The lowest BCUT2D eigenvalue weighted by molar-refractivity contribution is 0.0948. The Bertz CT molecular complexity index is 1130. The van der Waals surface area contributed by atoms with Crippen molar-refractivity contribution in [2.24, 2.45) is 9.98 Å². The standard InChI is InChI=1S/C20H18N4O4S2/c1-26-13-6-4-12(5-7-13)22-18-15(10-21)23-17(28-18)9-16-19(25)24(20(29)30-16)11-14-3-2-8-27-14/h4-7,9,14,25H,2-3,8,11H2,1H3/t14-/m1/s1. The summed E-state index contributed by atoms with van der Waals surface area (Å²) < 4.78 is 18.6. The molecule has 2 aliphatic heterocycles. The van der Waals surface area contributed by atoms with Crippen LogP contribution in [0.5, 0.6) is 11.6 Å². The number of nitrogens with zero attached hydrogens (tertiary/aromatic N) is 4. The molecular formula is C20H18N4O4S2. The number of aliphatic imine (C=N–C) groups is 2. The second-order valence-electron chi connectivity index (χ2n) is 6.57. The molecule has 4 rings (SSSR count). The Morgan fingerprint density at radius 3 is 2.93 bits per heavy atom. The minimum Gasteiger partial charge on any atom is -0.497 e. The highest BCUT2D eigenvalue weighted by molar-refractivity contribution is 7.73. The molecule has 1 fully saturated rings. The van der Waals surface area contributed by atoms with E-state index in [9.17, 15) is 10.4 Å². The van der Waals surface area contributed by atoms with Gasteiger partial charge in [0.2, 0.25) is 17.5 Å². The van der Waals surface area contributed by atoms with E-state index in [-0.39, 0.29) is 29.5 Å². The number of ether oxygens (including phenoxy) is 3. The van der Waals surface area contributed by atoms with Crippen LogP contribution in [0.15, 0.2) is 40.1 Å². The predicted molar refractivity (Wildman–Crippen MR) is 116 cm³/mol. The maximum Gasteiger partial charge on any atom is 0.258 e. The Hall–Kier alpha value is -3.00. The smallest absolute Gasteiger partial charge is 0.258 e. The number of methoxy groups -OCH3 is 1. The highest BCUT2D eigenvalue weighted by Crippen LogP contribution is 2.31. The molecule has 154 valence electrons. The monoisotopic (exact) mass is 442 g/mol. The molecule has 1 saturated heterocycles. The van der Waals surface area contributed by atoms with E-state index in [1.165, 1.54) is 11.3 Å². The van der Waals surface area contributed by atoms with Crippen LogP contribution in [0.25, 0.3) is 6.08 Å². The number of benzene rings is 1. The van der Waals surface area contributed by atoms with Crippen molar-refractivity contribution in [3.8, 4) is 17.7 Å². The Labute approximate surface area is 182 Å². The van der Waals surface area contributed by atoms with Crippen molar-refractivity contribution in [3.63, 3.8) is 0 Å². The molecule has 0 unspecified atom stereocenters. The number of aromatic hydroxyl groups is 1. The summed E-state index contributed by atoms with van der Waals surface area (Å²) in [5, 5.41) is 20.0. The fourth-order valence-electron chi connectivity index (χ4n) is 3.09. The lowest BCUT2D eigenvalue weighted by Gasteiger charge is -2.10. The number of hydrogen-bond donors (Lipinski definition) is 1. The number of thiazole rings is 1. The van der Waals surface area contributed by atoms with E-state index in [2.05, 4.69) is 9.98 Å². The lowest BCUT2D eigenvalue weighted by atomic mass is 10.2. The zero-order valence-corrected chi connectivity index (χ0v) is 17.7. The zero-order chi connectivity index (χ0) is 21.1. The maximum absolute atomic E-state index is 10.6. The van der Waals surface area contributed by atoms with Crippen molar-refractivity contribution < 1.29 is 19.3 Å². The molecule has 1 atom stereocenters. The van der Waals surface area contributed by atoms with Gasteiger partial charge in [-0.15, -0.1) is 11.3 Å². The average molecular weight is 443 g/mol. The van der Waals surface area contributed by atoms with Gasteiger partial charge in [-0.3, -0.25) is 4.57 Å². The minimum absolute atomic E-state index is 0.0332. The van der Waals surface area contributed by atoms with Gasteiger partial charge < -0.3 is 19.3 Å². The Morgan fingerprint density at radius 1 is 1.47 bits per heavy atom. The molecule has 1 aromatic heterocycles. The van der Waals surface area contributed by atoms with E-state index in [0.717, 1.165) is 19.4 Å². The molecular weight excluding hydrogens is 424 g/mol. The van der Waals surface area contributed by atoms with Crippen molar-refractivity contribution in [1.29, 1.82) is 5.26 Å². The van der Waals surface area contributed by atoms with Gasteiger partial charge in [0.15, 0.2) is 3.95 Å². The van der Waals surface area contributed by atoms with Gasteiger partial charge >= 0.3 is 0 Å². The lowest BCUT2D eigenvalue weighted by Crippen LogP contribution is -2.14. The van der Waals surface area contributed by atoms with Gasteiger partial charge in [0.1, 0.15) is 11.8 Å². The normalized spacial score (nSPS) is 20.9. The van der Waals surface area contributed by atoms with Crippen molar-refractivity contribution in [3.05, 3.63) is 39.0 Å². The van der Waals surface area contributed by atoms with Crippen LogP contribution >= 0.6 is 23.6 Å². The largest absolute Gasteiger partial charge is 0.497 e. The molecule has 2 aromatic rings. The number of aromatic nitrogens is 1. The quantitative estimate of drug-likeness (QED) is 0.697. The molecule has 0 aliphatic carbocycles. The second kappa shape index (κ2) is 8.79. The summed E-state index contributed by atoms with van der Waals surface area (Å²) in [4.78, 5) is 9.00. The van der Waals surface area contributed by atoms with E-state index in [4.69, 9.17) is 26.4 Å². The molecule has 2 aliphatic rings. The van der Waals surface area contributed by atoms with Crippen molar-refractivity contribution in [2.75, 3.05) is 13.7 Å². The van der Waals surface area contributed by atoms with Crippen LogP contribution in [-0.4, -0.2) is 41.1 Å². The minimum atomic E-state index is 0.0332. The topological polar surface area (TPSA) is 101 Å². The summed E-state index contributed by atoms with van der Waals surface area (Å²) in [6.07, 6.45) is 3.55. The number of hydrogen-bond acceptors (Lipinski definition) is 9. The van der Waals surface area contributed by atoms with E-state index >= 15 is 0 Å². The highest BCUT2D eigenvalue weighted by Gasteiger charge is 2.24. The van der Waals surface area contributed by atoms with Crippen molar-refractivity contribution >= 4 is 46.9 Å². The van der Waals surface area contributed by atoms with Gasteiger partial charge in [-0.1, -0.05) is 0 Å². The van der Waals surface area contributed by atoms with Gasteiger partial charge in [-0.25, -0.2) is 4.99 Å². The third kappa shape index (κ3) is 4.28. The van der Waals surface area contributed by atoms with Gasteiger partial charge in [0.25, 0.3) is 5.90 Å². The summed E-state index contributed by atoms with van der Waals surface area (Å²) in [6, 6.07) is 8.99. The summed E-state index contributed by atoms with van der Waals surface area (Å²) >= 11 is 6.63. The molecule has 0 saturated carbocycles. The van der Waals surface area contributed by atoms with Crippen LogP contribution < -0.4 is 4.74 Å². The van der Waals surface area contributed by atoms with E-state index in [0.29, 0.717) is 26.8 Å². The van der Waals surface area contributed by atoms with E-state index in [1.54, 1.807) is 42.0 Å². The summed E-state index contributed by atoms with van der Waals surface area (Å²) in [5.74, 6) is 0.988. The van der Waals surface area contributed by atoms with Crippen LogP contribution in [0.3, 0.4) is 0 Å². The molecule has 0 radical (unpaired) electrons. The highest BCUT2D eigenvalue weighted by atomic mass is 32.1. The third-order valence-electron chi connectivity index (χ3n) is 4.59. The molecule has 3 heterocycles. The van der Waals surface area contributed by atoms with Crippen molar-refractivity contribution in [1.82, 2.24) is 4.57 Å². The number of rotatable bonds is 5. The third-order valence-corrected chi connectivity index (χ3v) is 5.98. The first-order chi connectivity index (χ1) is 14.6. The summed E-state index contributed by atoms with van der Waals surface area (Å²) in [5.41, 5.74) is 0.648.